The number of carbonyl (C=O) groups is 1. The highest BCUT2D eigenvalue weighted by Gasteiger charge is 2.15. The largest absolute Gasteiger partial charge is 0.423 e. The summed E-state index contributed by atoms with van der Waals surface area (Å²) in [6, 6.07) is 11.8. The quantitative estimate of drug-likeness (QED) is 0.358. The summed E-state index contributed by atoms with van der Waals surface area (Å²) in [6.45, 7) is 2.07. The second kappa shape index (κ2) is 6.97. The fourth-order valence-corrected chi connectivity index (χ4v) is 2.61. The zero-order valence-corrected chi connectivity index (χ0v) is 13.5. The highest BCUT2D eigenvalue weighted by Crippen LogP contribution is 2.27. The maximum atomic E-state index is 13.7. The molecule has 25 heavy (non-hydrogen) atoms. The lowest BCUT2D eigenvalue weighted by Crippen LogP contribution is -2.08. The number of ether oxygens (including phenoxy) is 1. The van der Waals surface area contributed by atoms with E-state index in [1.54, 1.807) is 12.1 Å². The predicted molar refractivity (Wildman–Crippen MR) is 89.2 cm³/mol. The summed E-state index contributed by atoms with van der Waals surface area (Å²) in [5.41, 5.74) is 1.49. The van der Waals surface area contributed by atoms with E-state index >= 15 is 0 Å². The molecule has 0 bridgehead atoms. The van der Waals surface area contributed by atoms with Crippen LogP contribution >= 0.6 is 0 Å². The molecule has 3 rings (SSSR count). The van der Waals surface area contributed by atoms with Crippen molar-refractivity contribution in [3.63, 3.8) is 0 Å². The Morgan fingerprint density at radius 2 is 1.68 bits per heavy atom. The molecule has 0 aromatic heterocycles. The van der Waals surface area contributed by atoms with Gasteiger partial charge in [-0.3, -0.25) is 0 Å². The number of carbonyl (C=O) groups excluding carboxylic acids is 1. The maximum absolute atomic E-state index is 13.7. The Hall–Kier alpha value is -2.82. The summed E-state index contributed by atoms with van der Waals surface area (Å²) in [5, 5.41) is 0.0302. The van der Waals surface area contributed by atoms with Crippen LogP contribution in [0.25, 0.3) is 10.8 Å². The summed E-state index contributed by atoms with van der Waals surface area (Å²) in [4.78, 5) is 12.2. The molecule has 2 nitrogen and oxygen atoms in total. The lowest BCUT2D eigenvalue weighted by molar-refractivity contribution is 0.0735. The standard InChI is InChI=1S/C20H15F3O2/c1-2-3-12-4-6-13(7-5-12)20(24)25-15-8-9-16-14(10-15)11-17(21)19(23)18(16)22/h4-11H,2-3H2,1H3. The highest BCUT2D eigenvalue weighted by molar-refractivity contribution is 5.92. The lowest BCUT2D eigenvalue weighted by atomic mass is 10.1. The van der Waals surface area contributed by atoms with E-state index in [0.29, 0.717) is 5.56 Å². The van der Waals surface area contributed by atoms with Gasteiger partial charge < -0.3 is 4.74 Å². The van der Waals surface area contributed by atoms with E-state index in [2.05, 4.69) is 6.92 Å². The molecule has 0 aliphatic rings. The number of fused-ring (bicyclic) bond motifs is 1. The number of benzene rings is 3. The maximum Gasteiger partial charge on any atom is 0.343 e. The molecule has 0 radical (unpaired) electrons. The summed E-state index contributed by atoms with van der Waals surface area (Å²) in [7, 11) is 0. The first kappa shape index (κ1) is 17.0. The van der Waals surface area contributed by atoms with Crippen molar-refractivity contribution in [1.29, 1.82) is 0 Å². The van der Waals surface area contributed by atoms with Crippen molar-refractivity contribution >= 4 is 16.7 Å². The van der Waals surface area contributed by atoms with Gasteiger partial charge >= 0.3 is 5.97 Å². The van der Waals surface area contributed by atoms with Crippen molar-refractivity contribution in [2.75, 3.05) is 0 Å². The second-order valence-electron chi connectivity index (χ2n) is 5.71. The molecule has 0 saturated carbocycles. The van der Waals surface area contributed by atoms with Crippen LogP contribution in [-0.4, -0.2) is 5.97 Å². The highest BCUT2D eigenvalue weighted by atomic mass is 19.2. The van der Waals surface area contributed by atoms with Crippen molar-refractivity contribution in [1.82, 2.24) is 0 Å². The Balaban J connectivity index is 1.84. The van der Waals surface area contributed by atoms with Crippen LogP contribution in [0, 0.1) is 17.5 Å². The minimum absolute atomic E-state index is 0.0809. The van der Waals surface area contributed by atoms with Gasteiger partial charge in [0.15, 0.2) is 17.5 Å². The number of hydrogen-bond acceptors (Lipinski definition) is 2. The normalized spacial score (nSPS) is 10.9. The Labute approximate surface area is 142 Å². The van der Waals surface area contributed by atoms with Gasteiger partial charge in [0.1, 0.15) is 5.75 Å². The van der Waals surface area contributed by atoms with Gasteiger partial charge in [-0.15, -0.1) is 0 Å². The molecule has 0 unspecified atom stereocenters. The Kier molecular flexibility index (Phi) is 4.74. The molecular weight excluding hydrogens is 329 g/mol. The van der Waals surface area contributed by atoms with Crippen molar-refractivity contribution in [2.24, 2.45) is 0 Å². The number of esters is 1. The van der Waals surface area contributed by atoms with Crippen LogP contribution in [0.5, 0.6) is 5.75 Å². The number of rotatable bonds is 4. The first-order valence-electron chi connectivity index (χ1n) is 7.88. The van der Waals surface area contributed by atoms with Crippen LogP contribution in [0.2, 0.25) is 0 Å². The molecule has 0 heterocycles. The molecule has 128 valence electrons. The Bertz CT molecular complexity index is 934. The zero-order chi connectivity index (χ0) is 18.0. The van der Waals surface area contributed by atoms with Gasteiger partial charge in [-0.05, 0) is 53.8 Å². The van der Waals surface area contributed by atoms with Crippen LogP contribution in [-0.2, 0) is 6.42 Å². The van der Waals surface area contributed by atoms with Crippen molar-refractivity contribution < 1.29 is 22.7 Å². The van der Waals surface area contributed by atoms with Crippen molar-refractivity contribution in [3.05, 3.63) is 77.1 Å². The van der Waals surface area contributed by atoms with E-state index in [1.807, 2.05) is 12.1 Å². The number of aryl methyl sites for hydroxylation is 1. The van der Waals surface area contributed by atoms with E-state index < -0.39 is 23.4 Å². The minimum Gasteiger partial charge on any atom is -0.423 e. The molecule has 0 aliphatic heterocycles. The van der Waals surface area contributed by atoms with Gasteiger partial charge in [0, 0.05) is 5.39 Å². The zero-order valence-electron chi connectivity index (χ0n) is 13.5. The average molecular weight is 344 g/mol. The van der Waals surface area contributed by atoms with Gasteiger partial charge in [-0.1, -0.05) is 25.5 Å². The first-order valence-corrected chi connectivity index (χ1v) is 7.88. The molecule has 0 aliphatic carbocycles. The molecule has 0 spiro atoms. The summed E-state index contributed by atoms with van der Waals surface area (Å²) < 4.78 is 45.5. The summed E-state index contributed by atoms with van der Waals surface area (Å²) in [6.07, 6.45) is 1.93. The molecule has 0 fully saturated rings. The van der Waals surface area contributed by atoms with Crippen LogP contribution in [0.4, 0.5) is 13.2 Å². The van der Waals surface area contributed by atoms with E-state index in [9.17, 15) is 18.0 Å². The van der Waals surface area contributed by atoms with Gasteiger partial charge in [-0.2, -0.15) is 0 Å². The first-order chi connectivity index (χ1) is 12.0. The third-order valence-corrected chi connectivity index (χ3v) is 3.88. The van der Waals surface area contributed by atoms with E-state index in [-0.39, 0.29) is 16.5 Å². The van der Waals surface area contributed by atoms with Crippen LogP contribution in [0.3, 0.4) is 0 Å². The molecule has 0 atom stereocenters. The Morgan fingerprint density at radius 3 is 2.36 bits per heavy atom. The smallest absolute Gasteiger partial charge is 0.343 e. The van der Waals surface area contributed by atoms with Gasteiger partial charge in [0.25, 0.3) is 0 Å². The van der Waals surface area contributed by atoms with E-state index in [4.69, 9.17) is 4.74 Å². The molecule has 5 heteroatoms. The van der Waals surface area contributed by atoms with E-state index in [0.717, 1.165) is 24.5 Å². The minimum atomic E-state index is -1.52. The van der Waals surface area contributed by atoms with Gasteiger partial charge in [-0.25, -0.2) is 18.0 Å². The molecular formula is C20H15F3O2. The van der Waals surface area contributed by atoms with Gasteiger partial charge in [0.2, 0.25) is 0 Å². The van der Waals surface area contributed by atoms with Crippen molar-refractivity contribution in [2.45, 2.75) is 19.8 Å². The monoisotopic (exact) mass is 344 g/mol. The van der Waals surface area contributed by atoms with Crippen molar-refractivity contribution in [3.8, 4) is 5.75 Å². The van der Waals surface area contributed by atoms with Crippen LogP contribution in [0.1, 0.15) is 29.3 Å². The fraction of sp³-hybridized carbons (Fsp3) is 0.150. The molecule has 0 amide bonds. The topological polar surface area (TPSA) is 26.3 Å². The molecule has 0 saturated heterocycles. The third kappa shape index (κ3) is 3.50. The SMILES string of the molecule is CCCc1ccc(C(=O)Oc2ccc3c(F)c(F)c(F)cc3c2)cc1. The van der Waals surface area contributed by atoms with Gasteiger partial charge in [0.05, 0.1) is 5.56 Å². The lowest BCUT2D eigenvalue weighted by Gasteiger charge is -2.08. The molecule has 0 N–H and O–H groups in total. The Morgan fingerprint density at radius 1 is 0.960 bits per heavy atom. The molecule has 3 aromatic rings. The average Bonchev–Trinajstić information content (AvgIpc) is 2.60. The third-order valence-electron chi connectivity index (χ3n) is 3.88. The second-order valence-corrected chi connectivity index (χ2v) is 5.71. The van der Waals surface area contributed by atoms with Crippen LogP contribution < -0.4 is 4.74 Å². The number of hydrogen-bond donors (Lipinski definition) is 0. The number of halogens is 3. The summed E-state index contributed by atoms with van der Waals surface area (Å²) in [5.74, 6) is -4.53. The van der Waals surface area contributed by atoms with Crippen LogP contribution in [0.15, 0.2) is 48.5 Å². The molecule has 3 aromatic carbocycles. The summed E-state index contributed by atoms with van der Waals surface area (Å²) >= 11 is 0. The fourth-order valence-electron chi connectivity index (χ4n) is 2.61. The predicted octanol–water partition coefficient (Wildman–Crippen LogP) is 5.43. The van der Waals surface area contributed by atoms with E-state index in [1.165, 1.54) is 18.2 Å².